The Kier molecular flexibility index (Phi) is 9.61. The van der Waals surface area contributed by atoms with Gasteiger partial charge >= 0.3 is 0 Å². The highest BCUT2D eigenvalue weighted by Crippen LogP contribution is 2.30. The summed E-state index contributed by atoms with van der Waals surface area (Å²) in [7, 11) is 0. The molecule has 1 rings (SSSR count). The number of benzene rings is 1. The summed E-state index contributed by atoms with van der Waals surface area (Å²) in [5, 5.41) is 12.3. The van der Waals surface area contributed by atoms with Crippen LogP contribution < -0.4 is 11.1 Å². The Morgan fingerprint density at radius 1 is 1.24 bits per heavy atom. The van der Waals surface area contributed by atoms with Crippen molar-refractivity contribution in [3.63, 3.8) is 0 Å². The summed E-state index contributed by atoms with van der Waals surface area (Å²) in [6, 6.07) is 8.03. The van der Waals surface area contributed by atoms with Gasteiger partial charge in [0.25, 0.3) is 0 Å². The molecule has 0 saturated heterocycles. The van der Waals surface area contributed by atoms with E-state index in [9.17, 15) is 5.11 Å². The Morgan fingerprint density at radius 3 is 2.29 bits per heavy atom. The van der Waals surface area contributed by atoms with Crippen LogP contribution in [0.3, 0.4) is 0 Å². The van der Waals surface area contributed by atoms with Crippen LogP contribution in [0.15, 0.2) is 29.3 Å². The lowest BCUT2D eigenvalue weighted by Gasteiger charge is -2.29. The van der Waals surface area contributed by atoms with Crippen molar-refractivity contribution in [1.29, 1.82) is 0 Å². The van der Waals surface area contributed by atoms with Gasteiger partial charge in [-0.2, -0.15) is 0 Å². The number of hydrogen-bond acceptors (Lipinski definition) is 2. The van der Waals surface area contributed by atoms with Gasteiger partial charge in [0.15, 0.2) is 5.96 Å². The molecule has 0 aromatic heterocycles. The van der Waals surface area contributed by atoms with Crippen LogP contribution in [0.2, 0.25) is 0 Å². The van der Waals surface area contributed by atoms with Gasteiger partial charge in [-0.1, -0.05) is 31.5 Å². The van der Waals surface area contributed by atoms with Gasteiger partial charge in [0.05, 0.1) is 0 Å². The van der Waals surface area contributed by atoms with Crippen LogP contribution in [0, 0.1) is 12.3 Å². The van der Waals surface area contributed by atoms with Gasteiger partial charge in [0.2, 0.25) is 0 Å². The van der Waals surface area contributed by atoms with E-state index < -0.39 is 0 Å². The van der Waals surface area contributed by atoms with Crippen molar-refractivity contribution in [3.8, 4) is 0 Å². The van der Waals surface area contributed by atoms with Crippen LogP contribution in [0.4, 0.5) is 5.69 Å². The monoisotopic (exact) mass is 405 g/mol. The van der Waals surface area contributed by atoms with Crippen molar-refractivity contribution >= 4 is 35.6 Å². The number of nitrogens with two attached hydrogens (primary N) is 1. The van der Waals surface area contributed by atoms with E-state index in [-0.39, 0.29) is 36.0 Å². The van der Waals surface area contributed by atoms with Crippen LogP contribution >= 0.6 is 24.0 Å². The molecule has 21 heavy (non-hydrogen) atoms. The minimum absolute atomic E-state index is 0. The van der Waals surface area contributed by atoms with Crippen molar-refractivity contribution in [2.24, 2.45) is 16.1 Å². The quantitative estimate of drug-likeness (QED) is 0.369. The zero-order valence-corrected chi connectivity index (χ0v) is 15.6. The molecule has 0 radical (unpaired) electrons. The largest absolute Gasteiger partial charge is 0.396 e. The second-order valence-electron chi connectivity index (χ2n) is 5.37. The fraction of sp³-hybridized carbons (Fsp3) is 0.562. The number of anilines is 1. The molecule has 1 aromatic carbocycles. The van der Waals surface area contributed by atoms with Gasteiger partial charge in [0, 0.05) is 18.8 Å². The number of hydrogen-bond donors (Lipinski definition) is 3. The summed E-state index contributed by atoms with van der Waals surface area (Å²) < 4.78 is 0. The molecule has 1 aromatic rings. The summed E-state index contributed by atoms with van der Waals surface area (Å²) in [5.74, 6) is 0.429. The minimum atomic E-state index is 0. The third kappa shape index (κ3) is 6.65. The molecule has 0 fully saturated rings. The van der Waals surface area contributed by atoms with E-state index in [2.05, 4.69) is 24.2 Å². The van der Waals surface area contributed by atoms with Gasteiger partial charge in [-0.05, 0) is 43.7 Å². The van der Waals surface area contributed by atoms with Gasteiger partial charge in [-0.15, -0.1) is 24.0 Å². The minimum Gasteiger partial charge on any atom is -0.396 e. The number of aliphatic imine (C=N–C) groups is 1. The topological polar surface area (TPSA) is 70.6 Å². The van der Waals surface area contributed by atoms with Crippen LogP contribution in [0.5, 0.6) is 0 Å². The summed E-state index contributed by atoms with van der Waals surface area (Å²) >= 11 is 0. The average molecular weight is 405 g/mol. The molecule has 0 bridgehead atoms. The summed E-state index contributed by atoms with van der Waals surface area (Å²) in [5.41, 5.74) is 8.14. The maximum absolute atomic E-state index is 9.20. The number of aliphatic hydroxyl groups excluding tert-OH is 1. The van der Waals surface area contributed by atoms with E-state index in [0.29, 0.717) is 12.5 Å². The Balaban J connectivity index is 0.00000400. The molecule has 0 aliphatic carbocycles. The molecule has 0 saturated carbocycles. The first-order valence-corrected chi connectivity index (χ1v) is 7.29. The first kappa shape index (κ1) is 20.2. The first-order chi connectivity index (χ1) is 9.55. The molecule has 0 unspecified atom stereocenters. The van der Waals surface area contributed by atoms with Gasteiger partial charge < -0.3 is 16.2 Å². The molecular formula is C16H28IN3O. The fourth-order valence-electron chi connectivity index (χ4n) is 2.22. The molecule has 5 heteroatoms. The molecule has 4 N–H and O–H groups in total. The van der Waals surface area contributed by atoms with E-state index in [1.807, 2.05) is 31.2 Å². The predicted molar refractivity (Wildman–Crippen MR) is 101 cm³/mol. The van der Waals surface area contributed by atoms with E-state index in [4.69, 9.17) is 5.73 Å². The normalized spacial score (nSPS) is 11.9. The third-order valence-electron chi connectivity index (χ3n) is 4.05. The van der Waals surface area contributed by atoms with Crippen LogP contribution in [-0.4, -0.2) is 24.2 Å². The van der Waals surface area contributed by atoms with E-state index in [1.165, 1.54) is 5.56 Å². The van der Waals surface area contributed by atoms with Gasteiger partial charge in [-0.25, -0.2) is 0 Å². The van der Waals surface area contributed by atoms with Crippen molar-refractivity contribution in [3.05, 3.63) is 29.8 Å². The standard InChI is InChI=1S/C16H27N3O.HI/c1-4-16(5-2,10-11-20)12-18-15(17)19-14-8-6-13(3)7-9-14;/h6-9,20H,4-5,10-12H2,1-3H3,(H3,17,18,19);1H. The number of aryl methyl sites for hydroxylation is 1. The highest BCUT2D eigenvalue weighted by Gasteiger charge is 2.25. The average Bonchev–Trinajstić information content (AvgIpc) is 2.46. The van der Waals surface area contributed by atoms with E-state index in [1.54, 1.807) is 0 Å². The van der Waals surface area contributed by atoms with E-state index in [0.717, 1.165) is 24.9 Å². The second-order valence-corrected chi connectivity index (χ2v) is 5.37. The number of aliphatic hydroxyl groups is 1. The molecule has 0 heterocycles. The zero-order valence-electron chi connectivity index (χ0n) is 13.2. The van der Waals surface area contributed by atoms with Crippen LogP contribution in [-0.2, 0) is 0 Å². The zero-order chi connectivity index (χ0) is 15.0. The molecule has 0 amide bonds. The number of rotatable bonds is 7. The molecule has 0 aliphatic heterocycles. The lowest BCUT2D eigenvalue weighted by atomic mass is 9.79. The Bertz CT molecular complexity index is 428. The number of guanidine groups is 1. The highest BCUT2D eigenvalue weighted by atomic mass is 127. The number of halogens is 1. The number of nitrogens with one attached hydrogen (secondary N) is 1. The van der Waals surface area contributed by atoms with Gasteiger partial charge in [0.1, 0.15) is 0 Å². The third-order valence-corrected chi connectivity index (χ3v) is 4.05. The lowest BCUT2D eigenvalue weighted by molar-refractivity contribution is 0.175. The Labute approximate surface area is 145 Å². The van der Waals surface area contributed by atoms with Crippen molar-refractivity contribution < 1.29 is 5.11 Å². The number of nitrogens with zero attached hydrogens (tertiary/aromatic N) is 1. The summed E-state index contributed by atoms with van der Waals surface area (Å²) in [4.78, 5) is 4.45. The molecule has 120 valence electrons. The van der Waals surface area contributed by atoms with Crippen molar-refractivity contribution in [2.75, 3.05) is 18.5 Å². The van der Waals surface area contributed by atoms with Crippen LogP contribution in [0.1, 0.15) is 38.7 Å². The molecule has 0 atom stereocenters. The Hall–Kier alpha value is -0.820. The van der Waals surface area contributed by atoms with Crippen molar-refractivity contribution in [2.45, 2.75) is 40.0 Å². The SMILES string of the molecule is CCC(CC)(CCO)CN=C(N)Nc1ccc(C)cc1.I. The smallest absolute Gasteiger partial charge is 0.193 e. The summed E-state index contributed by atoms with van der Waals surface area (Å²) in [6.07, 6.45) is 2.75. The predicted octanol–water partition coefficient (Wildman–Crippen LogP) is 3.53. The molecular weight excluding hydrogens is 377 g/mol. The van der Waals surface area contributed by atoms with E-state index >= 15 is 0 Å². The maximum atomic E-state index is 9.20. The molecule has 0 aliphatic rings. The fourth-order valence-corrected chi connectivity index (χ4v) is 2.22. The lowest BCUT2D eigenvalue weighted by Crippen LogP contribution is -2.29. The van der Waals surface area contributed by atoms with Gasteiger partial charge in [-0.3, -0.25) is 4.99 Å². The second kappa shape index (κ2) is 10.00. The molecule has 0 spiro atoms. The summed E-state index contributed by atoms with van der Waals surface area (Å²) in [6.45, 7) is 7.16. The molecule has 4 nitrogen and oxygen atoms in total. The maximum Gasteiger partial charge on any atom is 0.193 e. The van der Waals surface area contributed by atoms with Crippen molar-refractivity contribution in [1.82, 2.24) is 0 Å². The highest BCUT2D eigenvalue weighted by molar-refractivity contribution is 14.0. The Morgan fingerprint density at radius 2 is 1.81 bits per heavy atom. The first-order valence-electron chi connectivity index (χ1n) is 7.29. The van der Waals surface area contributed by atoms with Crippen LogP contribution in [0.25, 0.3) is 0 Å².